The van der Waals surface area contributed by atoms with E-state index in [0.717, 1.165) is 43.9 Å². The summed E-state index contributed by atoms with van der Waals surface area (Å²) in [5.74, 6) is 0. The smallest absolute Gasteiger partial charge is 0.187 e. The molecule has 0 aliphatic carbocycles. The second kappa shape index (κ2) is 15.7. The fourth-order valence-electron chi connectivity index (χ4n) is 2.26. The molecule has 0 saturated heterocycles. The number of hydrogen-bond acceptors (Lipinski definition) is 4. The van der Waals surface area contributed by atoms with Crippen LogP contribution in [-0.2, 0) is 0 Å². The van der Waals surface area contributed by atoms with E-state index < -0.39 is 0 Å². The zero-order valence-electron chi connectivity index (χ0n) is 15.5. The highest BCUT2D eigenvalue weighted by molar-refractivity contribution is 8.93. The number of nitrogens with one attached hydrogen (secondary N) is 2. The van der Waals surface area contributed by atoms with Gasteiger partial charge in [-0.25, -0.2) is 0 Å². The van der Waals surface area contributed by atoms with Crippen LogP contribution in [0.15, 0.2) is 29.5 Å². The Morgan fingerprint density at radius 3 is 2.52 bits per heavy atom. The Labute approximate surface area is 178 Å². The third-order valence-electron chi connectivity index (χ3n) is 3.74. The van der Waals surface area contributed by atoms with Gasteiger partial charge in [0.15, 0.2) is 5.11 Å². The minimum absolute atomic E-state index is 0. The lowest BCUT2D eigenvalue weighted by molar-refractivity contribution is 0.292. The Morgan fingerprint density at radius 2 is 1.96 bits per heavy atom. The maximum absolute atomic E-state index is 5.29. The van der Waals surface area contributed by atoms with E-state index in [4.69, 9.17) is 12.2 Å². The van der Waals surface area contributed by atoms with Gasteiger partial charge in [0.1, 0.15) is 0 Å². The summed E-state index contributed by atoms with van der Waals surface area (Å²) in [6.45, 7) is 11.8. The van der Waals surface area contributed by atoms with Gasteiger partial charge in [-0.05, 0) is 70.7 Å². The first-order chi connectivity index (χ1) is 11.1. The number of hydrogen-bond donors (Lipinski definition) is 2. The molecule has 1 rings (SSSR count). The normalized spacial score (nSPS) is 12.0. The highest BCUT2D eigenvalue weighted by Gasteiger charge is 2.06. The standard InChI is InChI=1S/C17H29N5S.2BrH/c1-5-22(6-2)13-9-10-14(3)19-17(23)21-20-15(4)16-11-7-8-12-18-16;;/h7-8,11-12,14H,5-6,9-10,13H2,1-4H3,(H2,19,21,23);2*1H. The Balaban J connectivity index is 0. The van der Waals surface area contributed by atoms with Crippen LogP contribution in [0.25, 0.3) is 0 Å². The van der Waals surface area contributed by atoms with Crippen LogP contribution in [0.2, 0.25) is 0 Å². The highest BCUT2D eigenvalue weighted by atomic mass is 79.9. The summed E-state index contributed by atoms with van der Waals surface area (Å²) in [6.07, 6.45) is 4.00. The zero-order chi connectivity index (χ0) is 17.1. The molecule has 8 heteroatoms. The number of halogens is 2. The van der Waals surface area contributed by atoms with Gasteiger partial charge in [0.25, 0.3) is 0 Å². The predicted molar refractivity (Wildman–Crippen MR) is 122 cm³/mol. The molecule has 0 aliphatic rings. The molecular formula is C17H31Br2N5S. The van der Waals surface area contributed by atoms with Crippen molar-refractivity contribution in [3.63, 3.8) is 0 Å². The number of aromatic nitrogens is 1. The molecule has 1 aromatic heterocycles. The maximum Gasteiger partial charge on any atom is 0.187 e. The first-order valence-corrected chi connectivity index (χ1v) is 8.72. The van der Waals surface area contributed by atoms with Crippen LogP contribution in [0.1, 0.15) is 46.2 Å². The Kier molecular flexibility index (Phi) is 16.7. The van der Waals surface area contributed by atoms with Crippen molar-refractivity contribution in [2.75, 3.05) is 19.6 Å². The van der Waals surface area contributed by atoms with Gasteiger partial charge in [-0.3, -0.25) is 10.4 Å². The van der Waals surface area contributed by atoms with Crippen LogP contribution in [0.3, 0.4) is 0 Å². The van der Waals surface area contributed by atoms with Crippen molar-refractivity contribution < 1.29 is 0 Å². The lowest BCUT2D eigenvalue weighted by atomic mass is 10.2. The van der Waals surface area contributed by atoms with Crippen molar-refractivity contribution >= 4 is 57.0 Å². The lowest BCUT2D eigenvalue weighted by Crippen LogP contribution is -2.39. The summed E-state index contributed by atoms with van der Waals surface area (Å²) in [5, 5.41) is 8.10. The minimum Gasteiger partial charge on any atom is -0.359 e. The van der Waals surface area contributed by atoms with Crippen LogP contribution in [-0.4, -0.2) is 46.4 Å². The van der Waals surface area contributed by atoms with Gasteiger partial charge >= 0.3 is 0 Å². The average molecular weight is 497 g/mol. The van der Waals surface area contributed by atoms with Gasteiger partial charge in [-0.2, -0.15) is 5.10 Å². The van der Waals surface area contributed by atoms with Crippen molar-refractivity contribution in [2.24, 2.45) is 5.10 Å². The molecule has 0 amide bonds. The van der Waals surface area contributed by atoms with Gasteiger partial charge in [0.2, 0.25) is 0 Å². The molecule has 0 fully saturated rings. The molecule has 144 valence electrons. The molecule has 1 atom stereocenters. The van der Waals surface area contributed by atoms with Crippen LogP contribution in [0.5, 0.6) is 0 Å². The summed E-state index contributed by atoms with van der Waals surface area (Å²) < 4.78 is 0. The van der Waals surface area contributed by atoms with E-state index in [9.17, 15) is 0 Å². The van der Waals surface area contributed by atoms with Crippen LogP contribution in [0.4, 0.5) is 0 Å². The monoisotopic (exact) mass is 495 g/mol. The minimum atomic E-state index is 0. The molecular weight excluding hydrogens is 466 g/mol. The number of hydrazone groups is 1. The number of nitrogens with zero attached hydrogens (tertiary/aromatic N) is 3. The van der Waals surface area contributed by atoms with Crippen LogP contribution < -0.4 is 10.7 Å². The van der Waals surface area contributed by atoms with E-state index >= 15 is 0 Å². The van der Waals surface area contributed by atoms with Gasteiger partial charge < -0.3 is 10.2 Å². The van der Waals surface area contributed by atoms with E-state index in [1.165, 1.54) is 0 Å². The van der Waals surface area contributed by atoms with Crippen molar-refractivity contribution in [1.29, 1.82) is 0 Å². The first kappa shape index (κ1) is 26.7. The van der Waals surface area contributed by atoms with Crippen molar-refractivity contribution in [3.05, 3.63) is 30.1 Å². The Bertz CT molecular complexity index is 495. The number of pyridine rings is 1. The highest BCUT2D eigenvalue weighted by Crippen LogP contribution is 2.00. The quantitative estimate of drug-likeness (QED) is 0.308. The van der Waals surface area contributed by atoms with Gasteiger partial charge in [0.05, 0.1) is 11.4 Å². The van der Waals surface area contributed by atoms with Gasteiger partial charge in [-0.1, -0.05) is 19.9 Å². The van der Waals surface area contributed by atoms with Crippen molar-refractivity contribution in [1.82, 2.24) is 20.6 Å². The zero-order valence-corrected chi connectivity index (χ0v) is 19.7. The molecule has 5 nitrogen and oxygen atoms in total. The van der Waals surface area contributed by atoms with Gasteiger partial charge in [0, 0.05) is 12.2 Å². The summed E-state index contributed by atoms with van der Waals surface area (Å²) in [5.41, 5.74) is 4.54. The molecule has 0 saturated carbocycles. The average Bonchev–Trinajstić information content (AvgIpc) is 2.57. The molecule has 1 unspecified atom stereocenters. The van der Waals surface area contributed by atoms with E-state index in [0.29, 0.717) is 11.2 Å². The van der Waals surface area contributed by atoms with E-state index in [-0.39, 0.29) is 34.0 Å². The second-order valence-corrected chi connectivity index (χ2v) is 5.98. The first-order valence-electron chi connectivity index (χ1n) is 8.31. The van der Waals surface area contributed by atoms with Crippen molar-refractivity contribution in [3.8, 4) is 0 Å². The van der Waals surface area contributed by atoms with E-state index in [1.54, 1.807) is 6.20 Å². The second-order valence-electron chi connectivity index (χ2n) is 5.57. The fourth-order valence-corrected chi connectivity index (χ4v) is 2.50. The third kappa shape index (κ3) is 11.6. The largest absolute Gasteiger partial charge is 0.359 e. The lowest BCUT2D eigenvalue weighted by Gasteiger charge is -2.20. The predicted octanol–water partition coefficient (Wildman–Crippen LogP) is 3.94. The molecule has 0 spiro atoms. The van der Waals surface area contributed by atoms with Crippen molar-refractivity contribution in [2.45, 2.75) is 46.6 Å². The number of rotatable bonds is 9. The van der Waals surface area contributed by atoms with Crippen LogP contribution in [0, 0.1) is 0 Å². The van der Waals surface area contributed by atoms with E-state index in [1.807, 2.05) is 25.1 Å². The molecule has 0 aromatic carbocycles. The topological polar surface area (TPSA) is 52.5 Å². The summed E-state index contributed by atoms with van der Waals surface area (Å²) in [4.78, 5) is 6.69. The van der Waals surface area contributed by atoms with E-state index in [2.05, 4.69) is 46.5 Å². The molecule has 0 aliphatic heterocycles. The number of thiocarbonyl (C=S) groups is 1. The molecule has 1 heterocycles. The van der Waals surface area contributed by atoms with Gasteiger partial charge in [-0.15, -0.1) is 34.0 Å². The molecule has 1 aromatic rings. The summed E-state index contributed by atoms with van der Waals surface area (Å²) in [7, 11) is 0. The molecule has 0 radical (unpaired) electrons. The molecule has 25 heavy (non-hydrogen) atoms. The van der Waals surface area contributed by atoms with Crippen LogP contribution >= 0.6 is 46.2 Å². The Hall–Kier alpha value is -0.570. The SMILES string of the molecule is Br.Br.CCN(CC)CCCC(C)NC(=S)NN=C(C)c1ccccn1. The summed E-state index contributed by atoms with van der Waals surface area (Å²) in [6, 6.07) is 6.08. The molecule has 2 N–H and O–H groups in total. The molecule has 0 bridgehead atoms. The Morgan fingerprint density at radius 1 is 1.28 bits per heavy atom. The summed E-state index contributed by atoms with van der Waals surface area (Å²) >= 11 is 5.29. The fraction of sp³-hybridized carbons (Fsp3) is 0.588. The third-order valence-corrected chi connectivity index (χ3v) is 3.95. The maximum atomic E-state index is 5.29.